The van der Waals surface area contributed by atoms with Gasteiger partial charge < -0.3 is 0 Å². The standard InChI is InChI=1S/C45H32F6N6O6.CH4/c1-24-38(26(3)58)40(30-15-11-28(22-52)12-16-30)56(42(62)54(24)34-9-5-7-32(19-34)44(46,47)48)36(60)21-37(61)57-41(31-17-13-29(23-53)14-18-31)39(27(4)59)25(2)55(43(57)63)35-10-6-8-33(20-35)45(49,50)51;/h5-20,40-41H,21H2,1-4H3;1H4. The van der Waals surface area contributed by atoms with Crippen molar-refractivity contribution in [2.24, 2.45) is 0 Å². The highest BCUT2D eigenvalue weighted by Crippen LogP contribution is 2.44. The Balaban J connectivity index is 0.00000771. The molecule has 0 aliphatic carbocycles. The number of anilines is 2. The van der Waals surface area contributed by atoms with Crippen molar-refractivity contribution in [3.8, 4) is 12.1 Å². The van der Waals surface area contributed by atoms with Crippen LogP contribution < -0.4 is 9.80 Å². The van der Waals surface area contributed by atoms with Crippen LogP contribution in [0.15, 0.2) is 120 Å². The summed E-state index contributed by atoms with van der Waals surface area (Å²) in [6, 6.07) is 15.4. The fraction of sp³-hybridized carbons (Fsp3) is 0.217. The van der Waals surface area contributed by atoms with Gasteiger partial charge in [-0.05, 0) is 99.5 Å². The zero-order valence-electron chi connectivity index (χ0n) is 33.5. The van der Waals surface area contributed by atoms with E-state index >= 15 is 0 Å². The van der Waals surface area contributed by atoms with Gasteiger partial charge in [-0.3, -0.25) is 38.8 Å². The van der Waals surface area contributed by atoms with Crippen molar-refractivity contribution >= 4 is 46.8 Å². The van der Waals surface area contributed by atoms with Crippen LogP contribution in [0.3, 0.4) is 0 Å². The number of allylic oxidation sites excluding steroid dienone is 2. The van der Waals surface area contributed by atoms with E-state index in [1.54, 1.807) is 0 Å². The third-order valence-electron chi connectivity index (χ3n) is 10.5. The lowest BCUT2D eigenvalue weighted by molar-refractivity contribution is -0.140. The first-order valence-electron chi connectivity index (χ1n) is 18.7. The van der Waals surface area contributed by atoms with Crippen LogP contribution in [0.2, 0.25) is 0 Å². The first-order valence-corrected chi connectivity index (χ1v) is 18.7. The molecule has 0 bridgehead atoms. The molecular weight excluding hydrogens is 847 g/mol. The highest BCUT2D eigenvalue weighted by molar-refractivity contribution is 6.17. The van der Waals surface area contributed by atoms with Crippen molar-refractivity contribution in [3.05, 3.63) is 153 Å². The molecule has 4 aromatic rings. The number of carbonyl (C=O) groups is 6. The summed E-state index contributed by atoms with van der Waals surface area (Å²) >= 11 is 0. The molecule has 2 aliphatic heterocycles. The fourth-order valence-electron chi connectivity index (χ4n) is 7.68. The number of benzene rings is 4. The van der Waals surface area contributed by atoms with Crippen molar-refractivity contribution in [3.63, 3.8) is 0 Å². The number of Topliss-reactive ketones (excluding diaryl/α,β-unsaturated/α-hetero) is 2. The van der Waals surface area contributed by atoms with Gasteiger partial charge in [-0.2, -0.15) is 36.9 Å². The van der Waals surface area contributed by atoms with Gasteiger partial charge in [-0.15, -0.1) is 0 Å². The molecule has 64 heavy (non-hydrogen) atoms. The zero-order chi connectivity index (χ0) is 46.3. The number of carbonyl (C=O) groups excluding carboxylic acids is 6. The van der Waals surface area contributed by atoms with Crippen molar-refractivity contribution in [1.82, 2.24) is 9.80 Å². The molecule has 0 saturated carbocycles. The third kappa shape index (κ3) is 8.76. The molecule has 0 spiro atoms. The Kier molecular flexibility index (Phi) is 13.2. The van der Waals surface area contributed by atoms with Gasteiger partial charge in [0.25, 0.3) is 0 Å². The predicted molar refractivity (Wildman–Crippen MR) is 218 cm³/mol. The molecule has 2 unspecified atom stereocenters. The number of nitriles is 2. The van der Waals surface area contributed by atoms with E-state index in [9.17, 15) is 65.6 Å². The zero-order valence-corrected chi connectivity index (χ0v) is 33.5. The van der Waals surface area contributed by atoms with Gasteiger partial charge in [0.1, 0.15) is 6.42 Å². The average molecular weight is 883 g/mol. The van der Waals surface area contributed by atoms with E-state index in [1.807, 2.05) is 12.1 Å². The monoisotopic (exact) mass is 882 g/mol. The van der Waals surface area contributed by atoms with Gasteiger partial charge in [-0.1, -0.05) is 43.8 Å². The average Bonchev–Trinajstić information content (AvgIpc) is 3.22. The molecule has 0 aromatic heterocycles. The van der Waals surface area contributed by atoms with Crippen LogP contribution in [0.25, 0.3) is 0 Å². The molecule has 0 N–H and O–H groups in total. The molecule has 12 nitrogen and oxygen atoms in total. The minimum atomic E-state index is -4.89. The number of halogens is 6. The predicted octanol–water partition coefficient (Wildman–Crippen LogP) is 9.94. The van der Waals surface area contributed by atoms with Crippen molar-refractivity contribution in [2.75, 3.05) is 9.80 Å². The Morgan fingerprint density at radius 3 is 1.19 bits per heavy atom. The third-order valence-corrected chi connectivity index (χ3v) is 10.5. The Bertz CT molecular complexity index is 2560. The van der Waals surface area contributed by atoms with E-state index in [4.69, 9.17) is 0 Å². The van der Waals surface area contributed by atoms with Gasteiger partial charge in [0.2, 0.25) is 11.8 Å². The van der Waals surface area contributed by atoms with Gasteiger partial charge >= 0.3 is 24.4 Å². The fourth-order valence-corrected chi connectivity index (χ4v) is 7.68. The molecular formula is C46H36F6N6O6. The largest absolute Gasteiger partial charge is 0.416 e. The summed E-state index contributed by atoms with van der Waals surface area (Å²) in [5.41, 5.74) is -3.67. The Hall–Kier alpha value is -7.86. The lowest BCUT2D eigenvalue weighted by atomic mass is 9.89. The molecule has 18 heteroatoms. The molecule has 0 saturated heterocycles. The molecule has 328 valence electrons. The van der Waals surface area contributed by atoms with Gasteiger partial charge in [0.15, 0.2) is 11.6 Å². The molecule has 6 rings (SSSR count). The summed E-state index contributed by atoms with van der Waals surface area (Å²) in [6.07, 6.45) is -11.2. The number of nitrogens with zero attached hydrogens (tertiary/aromatic N) is 6. The lowest BCUT2D eigenvalue weighted by Gasteiger charge is -2.43. The lowest BCUT2D eigenvalue weighted by Crippen LogP contribution is -2.56. The van der Waals surface area contributed by atoms with Crippen LogP contribution in [-0.2, 0) is 31.5 Å². The second kappa shape index (κ2) is 17.9. The SMILES string of the molecule is C.CC(=O)C1=C(C)N(c2cccc(C(F)(F)F)c2)C(=O)N(C(=O)CC(=O)N2C(=O)N(c3cccc(C(F)(F)F)c3)C(C)=C(C(C)=O)C2c2ccc(C#N)cc2)C1c1ccc(C#N)cc1. The van der Waals surface area contributed by atoms with Crippen molar-refractivity contribution < 1.29 is 55.1 Å². The number of ketones is 2. The molecule has 0 fully saturated rings. The van der Waals surface area contributed by atoms with Crippen LogP contribution in [0.1, 0.15) is 87.0 Å². The maximum absolute atomic E-state index is 14.8. The summed E-state index contributed by atoms with van der Waals surface area (Å²) in [5, 5.41) is 18.9. The number of hydrogen-bond acceptors (Lipinski definition) is 8. The number of amides is 6. The topological polar surface area (TPSA) is 163 Å². The Labute approximate surface area is 362 Å². The number of urea groups is 2. The normalized spacial score (nSPS) is 16.9. The smallest absolute Gasteiger partial charge is 0.295 e. The van der Waals surface area contributed by atoms with Crippen LogP contribution in [0.5, 0.6) is 0 Å². The van der Waals surface area contributed by atoms with Crippen LogP contribution in [0.4, 0.5) is 47.3 Å². The van der Waals surface area contributed by atoms with E-state index in [1.165, 1.54) is 62.4 Å². The van der Waals surface area contributed by atoms with E-state index in [2.05, 4.69) is 0 Å². The quantitative estimate of drug-likeness (QED) is 0.125. The summed E-state index contributed by atoms with van der Waals surface area (Å²) < 4.78 is 83.5. The van der Waals surface area contributed by atoms with E-state index in [0.29, 0.717) is 31.7 Å². The Morgan fingerprint density at radius 2 is 0.906 bits per heavy atom. The van der Waals surface area contributed by atoms with E-state index in [0.717, 1.165) is 50.2 Å². The number of rotatable bonds is 8. The number of hydrogen-bond donors (Lipinski definition) is 0. The second-order valence-electron chi connectivity index (χ2n) is 14.4. The summed E-state index contributed by atoms with van der Waals surface area (Å²) in [5.74, 6) is -4.28. The molecule has 2 atom stereocenters. The van der Waals surface area contributed by atoms with Crippen molar-refractivity contribution in [2.45, 2.75) is 66.0 Å². The summed E-state index contributed by atoms with van der Waals surface area (Å²) in [7, 11) is 0. The minimum Gasteiger partial charge on any atom is -0.295 e. The van der Waals surface area contributed by atoms with E-state index in [-0.39, 0.29) is 52.2 Å². The minimum absolute atomic E-state index is 0. The number of alkyl halides is 6. The molecule has 2 aliphatic rings. The van der Waals surface area contributed by atoms with Gasteiger partial charge in [-0.25, -0.2) is 9.59 Å². The number of imide groups is 2. The molecule has 4 aromatic carbocycles. The summed E-state index contributed by atoms with van der Waals surface area (Å²) in [4.78, 5) is 88.3. The maximum Gasteiger partial charge on any atom is 0.416 e. The van der Waals surface area contributed by atoms with Crippen LogP contribution in [-0.4, -0.2) is 45.2 Å². The Morgan fingerprint density at radius 1 is 0.578 bits per heavy atom. The molecule has 2 heterocycles. The van der Waals surface area contributed by atoms with Crippen LogP contribution in [0, 0.1) is 22.7 Å². The van der Waals surface area contributed by atoms with Crippen LogP contribution >= 0.6 is 0 Å². The first-order chi connectivity index (χ1) is 29.6. The van der Waals surface area contributed by atoms with Gasteiger partial charge in [0.05, 0.1) is 57.9 Å². The van der Waals surface area contributed by atoms with Crippen molar-refractivity contribution in [1.29, 1.82) is 10.5 Å². The second-order valence-corrected chi connectivity index (χ2v) is 14.4. The highest BCUT2D eigenvalue weighted by Gasteiger charge is 2.49. The van der Waals surface area contributed by atoms with E-state index < -0.39 is 88.8 Å². The molecule has 6 amide bonds. The highest BCUT2D eigenvalue weighted by atomic mass is 19.4. The summed E-state index contributed by atoms with van der Waals surface area (Å²) in [6.45, 7) is 4.71. The molecule has 0 radical (unpaired) electrons. The maximum atomic E-state index is 14.8. The first kappa shape index (κ1) is 47.2. The van der Waals surface area contributed by atoms with Gasteiger partial charge in [0, 0.05) is 22.5 Å².